The summed E-state index contributed by atoms with van der Waals surface area (Å²) in [4.78, 5) is 38.5. The molecule has 0 radical (unpaired) electrons. The van der Waals surface area contributed by atoms with Crippen molar-refractivity contribution in [1.29, 1.82) is 0 Å². The number of carbonyl (C=O) groups is 3. The lowest BCUT2D eigenvalue weighted by atomic mass is 10.1. The van der Waals surface area contributed by atoms with Crippen molar-refractivity contribution in [1.82, 2.24) is 5.43 Å². The molecule has 0 spiro atoms. The van der Waals surface area contributed by atoms with Crippen LogP contribution in [0.3, 0.4) is 0 Å². The Bertz CT molecular complexity index is 1370. The van der Waals surface area contributed by atoms with Gasteiger partial charge in [0.1, 0.15) is 10.8 Å². The van der Waals surface area contributed by atoms with Gasteiger partial charge in [-0.1, -0.05) is 0 Å². The lowest BCUT2D eigenvalue weighted by Gasteiger charge is -2.13. The van der Waals surface area contributed by atoms with Gasteiger partial charge in [-0.3, -0.25) is 9.59 Å². The summed E-state index contributed by atoms with van der Waals surface area (Å²) in [5, 5.41) is 16.9. The van der Waals surface area contributed by atoms with Crippen molar-refractivity contribution in [2.75, 3.05) is 18.5 Å². The van der Waals surface area contributed by atoms with E-state index in [1.807, 2.05) is 13.8 Å². The highest BCUT2D eigenvalue weighted by atomic mass is 32.1. The largest absolute Gasteiger partial charge is 0.504 e. The van der Waals surface area contributed by atoms with Crippen molar-refractivity contribution in [3.63, 3.8) is 0 Å². The Labute approximate surface area is 230 Å². The predicted octanol–water partition coefficient (Wildman–Crippen LogP) is 4.82. The summed E-state index contributed by atoms with van der Waals surface area (Å²) >= 11 is 1.31. The zero-order valence-electron chi connectivity index (χ0n) is 22.4. The molecular weight excluding hydrogens is 522 g/mol. The molecule has 2 amide bonds. The normalized spacial score (nSPS) is 11.6. The summed E-state index contributed by atoms with van der Waals surface area (Å²) in [5.74, 6) is -0.633. The summed E-state index contributed by atoms with van der Waals surface area (Å²) in [7, 11) is 0. The minimum Gasteiger partial charge on any atom is -0.504 e. The number of nitrogens with one attached hydrogen (secondary N) is 2. The van der Waals surface area contributed by atoms with E-state index in [0.717, 1.165) is 10.4 Å². The number of rotatable bonds is 11. The van der Waals surface area contributed by atoms with Crippen molar-refractivity contribution in [2.24, 2.45) is 5.10 Å². The van der Waals surface area contributed by atoms with E-state index in [4.69, 9.17) is 14.2 Å². The standard InChI is InChI=1S/C28H31N3O7S/c1-6-36-23-14-19(8-13-22(23)32)15-29-31-25(33)17(4)38-21-11-9-20(10-12-21)26(34)30-27-24(28(35)37-7-2)16(3)18(5)39-27/h8-15,17,32H,6-7H2,1-5H3,(H,30,34)(H,31,33)/b29-15-/t17-/m0/s1. The number of nitrogens with zero attached hydrogens (tertiary/aromatic N) is 1. The van der Waals surface area contributed by atoms with Crippen molar-refractivity contribution >= 4 is 40.3 Å². The Kier molecular flexibility index (Phi) is 10.0. The van der Waals surface area contributed by atoms with Crippen LogP contribution in [0.2, 0.25) is 0 Å². The van der Waals surface area contributed by atoms with Crippen LogP contribution >= 0.6 is 11.3 Å². The first-order chi connectivity index (χ1) is 18.6. The zero-order chi connectivity index (χ0) is 28.5. The molecule has 10 nitrogen and oxygen atoms in total. The summed E-state index contributed by atoms with van der Waals surface area (Å²) < 4.78 is 16.1. The van der Waals surface area contributed by atoms with Crippen LogP contribution in [-0.2, 0) is 9.53 Å². The molecule has 0 bridgehead atoms. The molecular formula is C28H31N3O7S. The number of anilines is 1. The second kappa shape index (κ2) is 13.4. The van der Waals surface area contributed by atoms with Crippen LogP contribution in [0.4, 0.5) is 5.00 Å². The van der Waals surface area contributed by atoms with Crippen molar-refractivity contribution in [3.8, 4) is 17.2 Å². The van der Waals surface area contributed by atoms with Gasteiger partial charge in [0.05, 0.1) is 25.0 Å². The van der Waals surface area contributed by atoms with Gasteiger partial charge in [-0.25, -0.2) is 10.2 Å². The van der Waals surface area contributed by atoms with E-state index < -0.39 is 23.9 Å². The summed E-state index contributed by atoms with van der Waals surface area (Å²) in [6.07, 6.45) is 0.550. The van der Waals surface area contributed by atoms with Crippen LogP contribution in [0, 0.1) is 13.8 Å². The Morgan fingerprint density at radius 2 is 1.79 bits per heavy atom. The Hall–Kier alpha value is -4.38. The number of hydrazone groups is 1. The third-order valence-corrected chi connectivity index (χ3v) is 6.69. The number of aryl methyl sites for hydroxylation is 1. The number of thiophene rings is 1. The van der Waals surface area contributed by atoms with Gasteiger partial charge in [-0.15, -0.1) is 11.3 Å². The van der Waals surface area contributed by atoms with Gasteiger partial charge in [0.2, 0.25) is 0 Å². The van der Waals surface area contributed by atoms with E-state index >= 15 is 0 Å². The Morgan fingerprint density at radius 1 is 1.08 bits per heavy atom. The molecule has 3 aromatic rings. The van der Waals surface area contributed by atoms with E-state index in [0.29, 0.717) is 39.8 Å². The topological polar surface area (TPSA) is 136 Å². The minimum atomic E-state index is -0.871. The number of carbonyl (C=O) groups excluding carboxylic acids is 3. The number of amides is 2. The lowest BCUT2D eigenvalue weighted by molar-refractivity contribution is -0.127. The molecule has 0 aliphatic rings. The molecule has 2 aromatic carbocycles. The first-order valence-corrected chi connectivity index (χ1v) is 13.1. The number of phenols is 1. The quantitative estimate of drug-likeness (QED) is 0.176. The number of ether oxygens (including phenoxy) is 3. The SMILES string of the molecule is CCOC(=O)c1c(NC(=O)c2ccc(O[C@@H](C)C(=O)N/N=C\c3ccc(O)c(OCC)c3)cc2)sc(C)c1C. The van der Waals surface area contributed by atoms with Gasteiger partial charge in [0, 0.05) is 10.4 Å². The van der Waals surface area contributed by atoms with E-state index in [2.05, 4.69) is 15.8 Å². The Morgan fingerprint density at radius 3 is 2.46 bits per heavy atom. The fourth-order valence-corrected chi connectivity index (χ4v) is 4.47. The van der Waals surface area contributed by atoms with Crippen LogP contribution in [0.1, 0.15) is 57.5 Å². The minimum absolute atomic E-state index is 0.0155. The molecule has 39 heavy (non-hydrogen) atoms. The maximum Gasteiger partial charge on any atom is 0.341 e. The van der Waals surface area contributed by atoms with Crippen LogP contribution < -0.4 is 20.2 Å². The number of hydrogen-bond donors (Lipinski definition) is 3. The highest BCUT2D eigenvalue weighted by Crippen LogP contribution is 2.33. The van der Waals surface area contributed by atoms with Gasteiger partial charge in [0.25, 0.3) is 11.8 Å². The maximum atomic E-state index is 12.8. The molecule has 3 rings (SSSR count). The summed E-state index contributed by atoms with van der Waals surface area (Å²) in [5.41, 5.74) is 4.51. The van der Waals surface area contributed by atoms with Gasteiger partial charge in [-0.05, 0) is 88.2 Å². The van der Waals surface area contributed by atoms with Gasteiger partial charge in [0.15, 0.2) is 17.6 Å². The van der Waals surface area contributed by atoms with Crippen LogP contribution in [0.5, 0.6) is 17.2 Å². The molecule has 0 saturated heterocycles. The molecule has 1 heterocycles. The van der Waals surface area contributed by atoms with Crippen LogP contribution in [0.15, 0.2) is 47.6 Å². The molecule has 0 saturated carbocycles. The molecule has 0 unspecified atom stereocenters. The van der Waals surface area contributed by atoms with Gasteiger partial charge < -0.3 is 24.6 Å². The van der Waals surface area contributed by atoms with Crippen LogP contribution in [0.25, 0.3) is 0 Å². The molecule has 3 N–H and O–H groups in total. The third-order valence-electron chi connectivity index (χ3n) is 5.56. The summed E-state index contributed by atoms with van der Waals surface area (Å²) in [6, 6.07) is 11.0. The van der Waals surface area contributed by atoms with Crippen molar-refractivity contribution in [3.05, 3.63) is 69.6 Å². The number of phenolic OH excluding ortho intramolecular Hbond substituents is 1. The smallest absolute Gasteiger partial charge is 0.341 e. The van der Waals surface area contributed by atoms with Crippen LogP contribution in [-0.4, -0.2) is 48.4 Å². The van der Waals surface area contributed by atoms with Gasteiger partial charge >= 0.3 is 5.97 Å². The molecule has 0 fully saturated rings. The fraction of sp³-hybridized carbons (Fsp3) is 0.286. The first kappa shape index (κ1) is 29.2. The third kappa shape index (κ3) is 7.57. The molecule has 11 heteroatoms. The Balaban J connectivity index is 1.58. The second-order valence-electron chi connectivity index (χ2n) is 8.34. The predicted molar refractivity (Wildman–Crippen MR) is 149 cm³/mol. The number of benzene rings is 2. The first-order valence-electron chi connectivity index (χ1n) is 12.3. The summed E-state index contributed by atoms with van der Waals surface area (Å²) in [6.45, 7) is 9.42. The highest BCUT2D eigenvalue weighted by molar-refractivity contribution is 7.16. The van der Waals surface area contributed by atoms with Crippen molar-refractivity contribution < 1.29 is 33.7 Å². The zero-order valence-corrected chi connectivity index (χ0v) is 23.2. The van der Waals surface area contributed by atoms with E-state index in [1.165, 1.54) is 23.6 Å². The lowest BCUT2D eigenvalue weighted by Crippen LogP contribution is -2.33. The molecule has 0 aliphatic heterocycles. The van der Waals surface area contributed by atoms with Gasteiger partial charge in [-0.2, -0.15) is 5.10 Å². The van der Waals surface area contributed by atoms with Crippen molar-refractivity contribution in [2.45, 2.75) is 40.7 Å². The number of hydrogen-bond acceptors (Lipinski definition) is 9. The number of aromatic hydroxyl groups is 1. The average molecular weight is 554 g/mol. The fourth-order valence-electron chi connectivity index (χ4n) is 3.43. The highest BCUT2D eigenvalue weighted by Gasteiger charge is 2.22. The van der Waals surface area contributed by atoms with E-state index in [9.17, 15) is 19.5 Å². The average Bonchev–Trinajstić information content (AvgIpc) is 3.18. The molecule has 206 valence electrons. The monoisotopic (exact) mass is 553 g/mol. The van der Waals surface area contributed by atoms with E-state index in [1.54, 1.807) is 57.2 Å². The molecule has 1 atom stereocenters. The number of esters is 1. The van der Waals surface area contributed by atoms with E-state index in [-0.39, 0.29) is 12.4 Å². The maximum absolute atomic E-state index is 12.8. The molecule has 1 aromatic heterocycles. The second-order valence-corrected chi connectivity index (χ2v) is 9.57. The molecule has 0 aliphatic carbocycles.